The molecule has 3 fully saturated rings. The summed E-state index contributed by atoms with van der Waals surface area (Å²) in [6.45, 7) is 3.25. The quantitative estimate of drug-likeness (QED) is 0.802. The summed E-state index contributed by atoms with van der Waals surface area (Å²) in [5.74, 6) is -0.128. The van der Waals surface area contributed by atoms with Gasteiger partial charge in [-0.3, -0.25) is 24.8 Å². The maximum Gasteiger partial charge on any atom is 0.327 e. The highest BCUT2D eigenvalue weighted by Crippen LogP contribution is 2.31. The SMILES string of the molecule is COCCN1C(=O)C2C(NC3N(Cc4ccccc4)CCCN23)N(C)C1=O. The molecule has 0 aromatic heterocycles. The first-order chi connectivity index (χ1) is 13.1. The molecule has 3 saturated heterocycles. The maximum atomic E-state index is 13.1. The van der Waals surface area contributed by atoms with Crippen LogP contribution in [0.4, 0.5) is 4.79 Å². The Balaban J connectivity index is 1.55. The number of rotatable bonds is 5. The molecular weight excluding hydrogens is 346 g/mol. The van der Waals surface area contributed by atoms with Crippen molar-refractivity contribution in [3.63, 3.8) is 0 Å². The summed E-state index contributed by atoms with van der Waals surface area (Å²) in [4.78, 5) is 33.3. The normalized spacial score (nSPS) is 29.2. The van der Waals surface area contributed by atoms with Crippen LogP contribution >= 0.6 is 0 Å². The molecule has 8 nitrogen and oxygen atoms in total. The molecule has 0 saturated carbocycles. The Kier molecular flexibility index (Phi) is 5.14. The van der Waals surface area contributed by atoms with Gasteiger partial charge in [-0.05, 0) is 12.0 Å². The fourth-order valence-corrected chi connectivity index (χ4v) is 4.36. The van der Waals surface area contributed by atoms with Crippen LogP contribution in [-0.2, 0) is 16.1 Å². The van der Waals surface area contributed by atoms with E-state index in [2.05, 4.69) is 27.2 Å². The summed E-state index contributed by atoms with van der Waals surface area (Å²) in [6, 6.07) is 9.73. The summed E-state index contributed by atoms with van der Waals surface area (Å²) in [5, 5.41) is 3.53. The van der Waals surface area contributed by atoms with Crippen LogP contribution in [0.1, 0.15) is 12.0 Å². The van der Waals surface area contributed by atoms with Gasteiger partial charge < -0.3 is 9.64 Å². The zero-order valence-electron chi connectivity index (χ0n) is 15.9. The van der Waals surface area contributed by atoms with Gasteiger partial charge in [0.15, 0.2) is 0 Å². The molecule has 3 aliphatic heterocycles. The largest absolute Gasteiger partial charge is 0.383 e. The first kappa shape index (κ1) is 18.4. The predicted molar refractivity (Wildman–Crippen MR) is 99.4 cm³/mol. The lowest BCUT2D eigenvalue weighted by Gasteiger charge is -2.43. The molecule has 8 heteroatoms. The molecule has 0 radical (unpaired) electrons. The predicted octanol–water partition coefficient (Wildman–Crippen LogP) is 0.316. The molecule has 4 rings (SSSR count). The molecule has 3 atom stereocenters. The fourth-order valence-electron chi connectivity index (χ4n) is 4.36. The van der Waals surface area contributed by atoms with Crippen LogP contribution < -0.4 is 5.32 Å². The average molecular weight is 373 g/mol. The van der Waals surface area contributed by atoms with Crippen molar-refractivity contribution in [2.75, 3.05) is 40.4 Å². The molecule has 0 aliphatic carbocycles. The topological polar surface area (TPSA) is 68.4 Å². The van der Waals surface area contributed by atoms with E-state index in [1.54, 1.807) is 19.1 Å². The van der Waals surface area contributed by atoms with E-state index >= 15 is 0 Å². The molecular formula is C19H27N5O3. The lowest BCUT2D eigenvalue weighted by molar-refractivity contribution is -0.140. The minimum atomic E-state index is -0.354. The lowest BCUT2D eigenvalue weighted by atomic mass is 10.1. The highest BCUT2D eigenvalue weighted by Gasteiger charge is 2.55. The summed E-state index contributed by atoms with van der Waals surface area (Å²) in [7, 11) is 3.34. The second kappa shape index (κ2) is 7.55. The number of hydrogen-bond acceptors (Lipinski definition) is 6. The standard InChI is InChI=1S/C19H27N5O3/c1-21-16-15(17(25)24(19(21)26)11-12-27-2)23-10-6-9-22(18(23)20-16)13-14-7-4-3-5-8-14/h3-5,7-8,15-16,18,20H,6,9-13H2,1-2H3. The summed E-state index contributed by atoms with van der Waals surface area (Å²) >= 11 is 0. The van der Waals surface area contributed by atoms with Crippen molar-refractivity contribution in [1.29, 1.82) is 0 Å². The third kappa shape index (κ3) is 3.23. The molecule has 146 valence electrons. The highest BCUT2D eigenvalue weighted by molar-refractivity contribution is 6.00. The van der Waals surface area contributed by atoms with Crippen LogP contribution in [0.25, 0.3) is 0 Å². The number of carbonyl (C=O) groups is 2. The van der Waals surface area contributed by atoms with Crippen LogP contribution in [-0.4, -0.2) is 90.4 Å². The number of ether oxygens (including phenoxy) is 1. The van der Waals surface area contributed by atoms with Gasteiger partial charge in [0.25, 0.3) is 5.91 Å². The second-order valence-electron chi connectivity index (χ2n) is 7.35. The zero-order valence-corrected chi connectivity index (χ0v) is 15.9. The second-order valence-corrected chi connectivity index (χ2v) is 7.35. The first-order valence-electron chi connectivity index (χ1n) is 9.48. The summed E-state index contributed by atoms with van der Waals surface area (Å²) < 4.78 is 5.08. The molecule has 3 amide bonds. The van der Waals surface area contributed by atoms with Crippen molar-refractivity contribution in [2.45, 2.75) is 31.5 Å². The summed E-state index contributed by atoms with van der Waals surface area (Å²) in [6.07, 6.45) is 0.651. The fraction of sp³-hybridized carbons (Fsp3) is 0.579. The number of carbonyl (C=O) groups excluding carboxylic acids is 2. The van der Waals surface area contributed by atoms with Crippen LogP contribution in [0, 0.1) is 0 Å². The maximum absolute atomic E-state index is 13.1. The number of amides is 3. The van der Waals surface area contributed by atoms with Gasteiger partial charge in [0.1, 0.15) is 18.5 Å². The molecule has 0 bridgehead atoms. The van der Waals surface area contributed by atoms with Gasteiger partial charge in [-0.2, -0.15) is 0 Å². The molecule has 3 aliphatic rings. The Labute approximate surface area is 159 Å². The summed E-state index contributed by atoms with van der Waals surface area (Å²) in [5.41, 5.74) is 1.24. The smallest absolute Gasteiger partial charge is 0.327 e. The highest BCUT2D eigenvalue weighted by atomic mass is 16.5. The van der Waals surface area contributed by atoms with E-state index < -0.39 is 0 Å². The minimum absolute atomic E-state index is 0.0458. The molecule has 3 unspecified atom stereocenters. The number of likely N-dealkylation sites (N-methyl/N-ethyl adjacent to an activating group) is 1. The van der Waals surface area contributed by atoms with E-state index in [-0.39, 0.29) is 37.0 Å². The van der Waals surface area contributed by atoms with E-state index in [9.17, 15) is 9.59 Å². The van der Waals surface area contributed by atoms with Crippen molar-refractivity contribution in [3.05, 3.63) is 35.9 Å². The third-order valence-corrected chi connectivity index (χ3v) is 5.71. The van der Waals surface area contributed by atoms with Crippen LogP contribution in [0.2, 0.25) is 0 Å². The third-order valence-electron chi connectivity index (χ3n) is 5.71. The van der Waals surface area contributed by atoms with Gasteiger partial charge in [0, 0.05) is 33.8 Å². The van der Waals surface area contributed by atoms with Gasteiger partial charge in [-0.25, -0.2) is 4.79 Å². The van der Waals surface area contributed by atoms with Gasteiger partial charge in [0.2, 0.25) is 0 Å². The molecule has 1 aromatic rings. The molecule has 1 aromatic carbocycles. The zero-order chi connectivity index (χ0) is 19.0. The van der Waals surface area contributed by atoms with Crippen molar-refractivity contribution >= 4 is 11.9 Å². The van der Waals surface area contributed by atoms with E-state index in [1.165, 1.54) is 10.5 Å². The van der Waals surface area contributed by atoms with Gasteiger partial charge in [0.05, 0.1) is 13.2 Å². The first-order valence-corrected chi connectivity index (χ1v) is 9.48. The van der Waals surface area contributed by atoms with E-state index in [0.29, 0.717) is 6.61 Å². The molecule has 1 N–H and O–H groups in total. The molecule has 27 heavy (non-hydrogen) atoms. The number of nitrogens with zero attached hydrogens (tertiary/aromatic N) is 4. The Morgan fingerprint density at radius 2 is 1.96 bits per heavy atom. The number of fused-ring (bicyclic) bond motifs is 3. The van der Waals surface area contributed by atoms with Crippen LogP contribution in [0.3, 0.4) is 0 Å². The van der Waals surface area contributed by atoms with Crippen molar-refractivity contribution in [3.8, 4) is 0 Å². The van der Waals surface area contributed by atoms with Crippen LogP contribution in [0.5, 0.6) is 0 Å². The van der Waals surface area contributed by atoms with E-state index in [0.717, 1.165) is 26.1 Å². The van der Waals surface area contributed by atoms with Crippen LogP contribution in [0.15, 0.2) is 30.3 Å². The Morgan fingerprint density at radius 3 is 2.70 bits per heavy atom. The van der Waals surface area contributed by atoms with Crippen molar-refractivity contribution < 1.29 is 14.3 Å². The number of urea groups is 1. The number of hydrogen-bond donors (Lipinski definition) is 1. The van der Waals surface area contributed by atoms with Gasteiger partial charge >= 0.3 is 6.03 Å². The minimum Gasteiger partial charge on any atom is -0.383 e. The van der Waals surface area contributed by atoms with E-state index in [1.807, 2.05) is 18.2 Å². The monoisotopic (exact) mass is 373 g/mol. The van der Waals surface area contributed by atoms with Gasteiger partial charge in [-0.1, -0.05) is 30.3 Å². The number of nitrogens with one attached hydrogen (secondary N) is 1. The van der Waals surface area contributed by atoms with E-state index in [4.69, 9.17) is 4.74 Å². The number of benzene rings is 1. The van der Waals surface area contributed by atoms with Gasteiger partial charge in [-0.15, -0.1) is 0 Å². The Hall–Kier alpha value is -2.00. The van der Waals surface area contributed by atoms with Crippen molar-refractivity contribution in [1.82, 2.24) is 24.9 Å². The number of methoxy groups -OCH3 is 1. The number of imide groups is 1. The lowest BCUT2D eigenvalue weighted by Crippen LogP contribution is -2.66. The average Bonchev–Trinajstić information content (AvgIpc) is 3.08. The Bertz CT molecular complexity index is 700. The Morgan fingerprint density at radius 1 is 1.19 bits per heavy atom. The van der Waals surface area contributed by atoms with Crippen molar-refractivity contribution in [2.24, 2.45) is 0 Å². The molecule has 0 spiro atoms. The molecule has 3 heterocycles.